The van der Waals surface area contributed by atoms with Crippen LogP contribution in [0.25, 0.3) is 0 Å². The summed E-state index contributed by atoms with van der Waals surface area (Å²) < 4.78 is 23.6. The fraction of sp³-hybridized carbons (Fsp3) is 0.294. The molecule has 3 aromatic carbocycles. The third-order valence-corrected chi connectivity index (χ3v) is 6.25. The third kappa shape index (κ3) is 7.72. The summed E-state index contributed by atoms with van der Waals surface area (Å²) in [6.45, 7) is 12.1. The first-order valence-electron chi connectivity index (χ1n) is 14.4. The molecule has 0 saturated carbocycles. The first-order chi connectivity index (χ1) is 20.5. The second-order valence-corrected chi connectivity index (χ2v) is 9.35. The summed E-state index contributed by atoms with van der Waals surface area (Å²) in [5.74, 6) is 2.89. The average molecular weight is 569 g/mol. The van der Waals surface area contributed by atoms with E-state index in [-0.39, 0.29) is 0 Å². The summed E-state index contributed by atoms with van der Waals surface area (Å²) in [7, 11) is 1.88. The zero-order valence-corrected chi connectivity index (χ0v) is 25.3. The van der Waals surface area contributed by atoms with Crippen LogP contribution < -0.4 is 24.8 Å². The number of anilines is 3. The van der Waals surface area contributed by atoms with Crippen molar-refractivity contribution in [1.29, 1.82) is 0 Å². The van der Waals surface area contributed by atoms with E-state index in [0.717, 1.165) is 51.2 Å². The van der Waals surface area contributed by atoms with Gasteiger partial charge in [0, 0.05) is 30.9 Å². The van der Waals surface area contributed by atoms with Crippen LogP contribution in [0.5, 0.6) is 17.2 Å². The summed E-state index contributed by atoms with van der Waals surface area (Å²) >= 11 is 0. The zero-order valence-electron chi connectivity index (χ0n) is 25.3. The topological polar surface area (TPSA) is 85.7 Å². The number of benzene rings is 3. The molecule has 0 spiro atoms. The summed E-state index contributed by atoms with van der Waals surface area (Å²) in [5, 5.41) is 6.62. The number of hydrogen-bond acceptors (Lipinski definition) is 8. The number of aryl methyl sites for hydroxylation is 1. The number of nitrogens with zero attached hydrogens (tertiary/aromatic N) is 2. The number of rotatable bonds is 13. The van der Waals surface area contributed by atoms with Crippen molar-refractivity contribution >= 4 is 39.9 Å². The molecule has 8 heteroatoms. The van der Waals surface area contributed by atoms with Crippen molar-refractivity contribution in [3.8, 4) is 17.2 Å². The minimum atomic E-state index is 0.504. The van der Waals surface area contributed by atoms with Crippen molar-refractivity contribution in [2.75, 3.05) is 44.1 Å². The molecule has 220 valence electrons. The molecule has 0 aromatic heterocycles. The minimum absolute atomic E-state index is 0.504. The molecule has 0 aliphatic heterocycles. The fourth-order valence-electron chi connectivity index (χ4n) is 4.39. The van der Waals surface area contributed by atoms with Gasteiger partial charge in [-0.3, -0.25) is 0 Å². The van der Waals surface area contributed by atoms with Gasteiger partial charge in [0.1, 0.15) is 34.4 Å². The van der Waals surface area contributed by atoms with Gasteiger partial charge in [0.15, 0.2) is 0 Å². The normalized spacial score (nSPS) is 14.5. The summed E-state index contributed by atoms with van der Waals surface area (Å²) in [5.41, 5.74) is 6.75. The number of ether oxygens (including phenoxy) is 4. The van der Waals surface area contributed by atoms with E-state index in [1.165, 1.54) is 0 Å². The number of nitrogens with one attached hydrogen (secondary N) is 2. The van der Waals surface area contributed by atoms with Gasteiger partial charge in [-0.1, -0.05) is 6.07 Å². The fourth-order valence-corrected chi connectivity index (χ4v) is 4.39. The molecule has 0 bridgehead atoms. The first-order valence-corrected chi connectivity index (χ1v) is 14.4. The van der Waals surface area contributed by atoms with E-state index in [9.17, 15) is 0 Å². The van der Waals surface area contributed by atoms with Crippen LogP contribution >= 0.6 is 0 Å². The smallest absolute Gasteiger partial charge is 0.147 e. The lowest BCUT2D eigenvalue weighted by Gasteiger charge is -2.16. The Morgan fingerprint density at radius 1 is 0.667 bits per heavy atom. The van der Waals surface area contributed by atoms with Gasteiger partial charge in [0.25, 0.3) is 0 Å². The van der Waals surface area contributed by atoms with E-state index in [4.69, 9.17) is 28.9 Å². The van der Waals surface area contributed by atoms with Crippen molar-refractivity contribution in [1.82, 2.24) is 0 Å². The Balaban J connectivity index is 1.62. The van der Waals surface area contributed by atoms with E-state index in [1.54, 1.807) is 0 Å². The molecule has 0 heterocycles. The van der Waals surface area contributed by atoms with Gasteiger partial charge in [-0.15, -0.1) is 0 Å². The SMILES string of the molecule is CCOC1=CC(=Nc2ccc(C)cc2OCC)C=CC1=Nc1ccc(Nc2ccc(NC)c(OCC)c2)c(OCC)c1. The molecule has 0 atom stereocenters. The Morgan fingerprint density at radius 3 is 2.07 bits per heavy atom. The molecule has 2 N–H and O–H groups in total. The highest BCUT2D eigenvalue weighted by molar-refractivity contribution is 6.21. The largest absolute Gasteiger partial charge is 0.492 e. The molecule has 0 unspecified atom stereocenters. The predicted octanol–water partition coefficient (Wildman–Crippen LogP) is 8.31. The van der Waals surface area contributed by atoms with Crippen LogP contribution in [0.1, 0.15) is 33.3 Å². The Bertz CT molecular complexity index is 1510. The molecule has 42 heavy (non-hydrogen) atoms. The van der Waals surface area contributed by atoms with Crippen LogP contribution in [0.2, 0.25) is 0 Å². The van der Waals surface area contributed by atoms with Crippen molar-refractivity contribution in [3.63, 3.8) is 0 Å². The molecular weight excluding hydrogens is 528 g/mol. The summed E-state index contributed by atoms with van der Waals surface area (Å²) in [4.78, 5) is 9.71. The molecule has 0 saturated heterocycles. The van der Waals surface area contributed by atoms with Gasteiger partial charge in [-0.25, -0.2) is 9.98 Å². The second kappa shape index (κ2) is 14.8. The highest BCUT2D eigenvalue weighted by Crippen LogP contribution is 2.35. The summed E-state index contributed by atoms with van der Waals surface area (Å²) in [6, 6.07) is 17.8. The average Bonchev–Trinajstić information content (AvgIpc) is 2.98. The lowest BCUT2D eigenvalue weighted by molar-refractivity contribution is 0.250. The molecule has 4 rings (SSSR count). The van der Waals surface area contributed by atoms with E-state index >= 15 is 0 Å². The van der Waals surface area contributed by atoms with Gasteiger partial charge in [-0.2, -0.15) is 0 Å². The van der Waals surface area contributed by atoms with Crippen LogP contribution in [-0.4, -0.2) is 44.9 Å². The van der Waals surface area contributed by atoms with E-state index in [0.29, 0.717) is 43.6 Å². The molecule has 0 radical (unpaired) electrons. The molecule has 1 aliphatic carbocycles. The van der Waals surface area contributed by atoms with E-state index < -0.39 is 0 Å². The highest BCUT2D eigenvalue weighted by atomic mass is 16.5. The maximum Gasteiger partial charge on any atom is 0.147 e. The quantitative estimate of drug-likeness (QED) is 0.202. The summed E-state index contributed by atoms with van der Waals surface area (Å²) in [6.07, 6.45) is 5.76. The van der Waals surface area contributed by atoms with Crippen molar-refractivity contribution in [2.45, 2.75) is 34.6 Å². The second-order valence-electron chi connectivity index (χ2n) is 9.35. The van der Waals surface area contributed by atoms with Crippen LogP contribution in [-0.2, 0) is 4.74 Å². The lowest BCUT2D eigenvalue weighted by atomic mass is 10.1. The Morgan fingerprint density at radius 2 is 1.36 bits per heavy atom. The predicted molar refractivity (Wildman–Crippen MR) is 173 cm³/mol. The molecular formula is C34H40N4O4. The van der Waals surface area contributed by atoms with Crippen LogP contribution in [0.4, 0.5) is 28.4 Å². The van der Waals surface area contributed by atoms with E-state index in [2.05, 4.69) is 10.6 Å². The molecule has 0 amide bonds. The molecule has 8 nitrogen and oxygen atoms in total. The Labute approximate surface area is 248 Å². The first kappa shape index (κ1) is 30.2. The number of hydrogen-bond donors (Lipinski definition) is 2. The van der Waals surface area contributed by atoms with Crippen molar-refractivity contribution < 1.29 is 18.9 Å². The van der Waals surface area contributed by atoms with Gasteiger partial charge in [0.05, 0.1) is 49.2 Å². The minimum Gasteiger partial charge on any atom is -0.492 e. The van der Waals surface area contributed by atoms with Gasteiger partial charge >= 0.3 is 0 Å². The lowest BCUT2D eigenvalue weighted by Crippen LogP contribution is -2.11. The van der Waals surface area contributed by atoms with Gasteiger partial charge in [-0.05, 0) is 88.7 Å². The number of allylic oxidation sites excluding steroid dienone is 3. The van der Waals surface area contributed by atoms with Crippen molar-refractivity contribution in [2.24, 2.45) is 9.98 Å². The number of aliphatic imine (C=N–C) groups is 2. The van der Waals surface area contributed by atoms with E-state index in [1.807, 2.05) is 114 Å². The molecule has 0 fully saturated rings. The third-order valence-electron chi connectivity index (χ3n) is 6.25. The zero-order chi connectivity index (χ0) is 29.9. The maximum atomic E-state index is 5.99. The van der Waals surface area contributed by atoms with Crippen molar-refractivity contribution in [3.05, 3.63) is 84.1 Å². The molecule has 1 aliphatic rings. The monoisotopic (exact) mass is 568 g/mol. The molecule has 3 aromatic rings. The Kier molecular flexibility index (Phi) is 10.6. The van der Waals surface area contributed by atoms with Crippen LogP contribution in [0, 0.1) is 6.92 Å². The maximum absolute atomic E-state index is 5.99. The standard InChI is InChI=1S/C34H40N4O4/c1-7-39-31-19-23(5)11-15-28(31)36-25-13-17-30(33(21-25)41-9-3)38-26-14-18-29(34(22-26)42-10-4)37-24-12-16-27(35-6)32(20-24)40-8-2/h11-22,35,37H,7-10H2,1-6H3. The Hall–Kier alpha value is -4.72. The van der Waals surface area contributed by atoms with Gasteiger partial charge < -0.3 is 29.6 Å². The van der Waals surface area contributed by atoms with Crippen LogP contribution in [0.3, 0.4) is 0 Å². The van der Waals surface area contributed by atoms with Crippen LogP contribution in [0.15, 0.2) is 88.6 Å². The highest BCUT2D eigenvalue weighted by Gasteiger charge is 2.15. The van der Waals surface area contributed by atoms with Gasteiger partial charge in [0.2, 0.25) is 0 Å².